The van der Waals surface area contributed by atoms with Crippen molar-refractivity contribution in [2.45, 2.75) is 32.2 Å². The summed E-state index contributed by atoms with van der Waals surface area (Å²) in [5, 5.41) is 7.11. The Morgan fingerprint density at radius 2 is 2.26 bits per heavy atom. The Hall–Kier alpha value is -1.25. The second kappa shape index (κ2) is 8.03. The number of hydrogen-bond donors (Lipinski definition) is 1. The van der Waals surface area contributed by atoms with E-state index in [0.717, 1.165) is 38.2 Å². The van der Waals surface area contributed by atoms with E-state index in [2.05, 4.69) is 14.9 Å². The number of amides is 2. The smallest absolute Gasteiger partial charge is 0.267 e. The number of rotatable bonds is 3. The van der Waals surface area contributed by atoms with Gasteiger partial charge in [-0.15, -0.1) is 17.5 Å². The van der Waals surface area contributed by atoms with Crippen LogP contribution in [0.2, 0.25) is 0 Å². The maximum Gasteiger partial charge on any atom is 0.267 e. The van der Waals surface area contributed by atoms with Crippen molar-refractivity contribution in [3.63, 3.8) is 0 Å². The minimum Gasteiger partial charge on any atom is -0.336 e. The fraction of sp³-hybridized carbons (Fsp3) is 0.714. The van der Waals surface area contributed by atoms with Crippen molar-refractivity contribution in [1.29, 1.82) is 0 Å². The Balaban J connectivity index is 0.00000192. The zero-order valence-corrected chi connectivity index (χ0v) is 14.8. The Morgan fingerprint density at radius 1 is 1.43 bits per heavy atom. The van der Waals surface area contributed by atoms with Gasteiger partial charge in [0.05, 0.1) is 12.2 Å². The van der Waals surface area contributed by atoms with Crippen LogP contribution in [0.4, 0.5) is 0 Å². The molecular weight excluding hydrogens is 338 g/mol. The molecule has 1 aromatic heterocycles. The summed E-state index contributed by atoms with van der Waals surface area (Å²) in [4.78, 5) is 29.2. The first-order valence-corrected chi connectivity index (χ1v) is 8.58. The third-order valence-electron chi connectivity index (χ3n) is 4.34. The van der Waals surface area contributed by atoms with Gasteiger partial charge in [0.2, 0.25) is 5.91 Å². The Labute approximate surface area is 146 Å². The van der Waals surface area contributed by atoms with Gasteiger partial charge in [-0.2, -0.15) is 0 Å². The second-order valence-corrected chi connectivity index (χ2v) is 6.47. The van der Waals surface area contributed by atoms with Gasteiger partial charge in [0.1, 0.15) is 4.88 Å². The third-order valence-corrected chi connectivity index (χ3v) is 5.09. The van der Waals surface area contributed by atoms with Crippen LogP contribution in [0.15, 0.2) is 0 Å². The monoisotopic (exact) mass is 359 g/mol. The first-order chi connectivity index (χ1) is 10.7. The van der Waals surface area contributed by atoms with E-state index >= 15 is 0 Å². The number of piperazine rings is 1. The highest BCUT2D eigenvalue weighted by Gasteiger charge is 2.33. The molecule has 1 aromatic rings. The number of piperidine rings is 1. The first-order valence-electron chi connectivity index (χ1n) is 7.81. The quantitative estimate of drug-likeness (QED) is 0.853. The number of carbonyl (C=O) groups is 2. The third kappa shape index (κ3) is 3.81. The average Bonchev–Trinajstić information content (AvgIpc) is 3.03. The van der Waals surface area contributed by atoms with Gasteiger partial charge in [-0.3, -0.25) is 9.59 Å². The maximum absolute atomic E-state index is 12.7. The van der Waals surface area contributed by atoms with Crippen molar-refractivity contribution in [2.75, 3.05) is 32.7 Å². The summed E-state index contributed by atoms with van der Waals surface area (Å²) in [6, 6.07) is 0.137. The molecule has 2 fully saturated rings. The standard InChI is InChI=1S/C14H21N5O2S.ClH/c1-2-11-13(22-17-16-11)14(21)18-6-3-4-10(9-18)19-7-5-15-8-12(19)20;/h10,15H,2-9H2,1H3;1H. The molecular formula is C14H22ClN5O2S. The number of aromatic nitrogens is 2. The van der Waals surface area contributed by atoms with E-state index in [-0.39, 0.29) is 30.3 Å². The van der Waals surface area contributed by atoms with Crippen molar-refractivity contribution >= 4 is 35.8 Å². The molecule has 0 aromatic carbocycles. The molecule has 2 amide bonds. The van der Waals surface area contributed by atoms with E-state index in [1.54, 1.807) is 0 Å². The molecule has 2 aliphatic rings. The molecule has 7 nitrogen and oxygen atoms in total. The molecule has 1 N–H and O–H groups in total. The summed E-state index contributed by atoms with van der Waals surface area (Å²) in [7, 11) is 0. The summed E-state index contributed by atoms with van der Waals surface area (Å²) in [5.74, 6) is 0.151. The summed E-state index contributed by atoms with van der Waals surface area (Å²) >= 11 is 1.17. The molecule has 9 heteroatoms. The molecule has 0 spiro atoms. The second-order valence-electron chi connectivity index (χ2n) is 5.71. The maximum atomic E-state index is 12.7. The molecule has 3 rings (SSSR count). The van der Waals surface area contributed by atoms with E-state index < -0.39 is 0 Å². The number of nitrogens with zero attached hydrogens (tertiary/aromatic N) is 4. The Morgan fingerprint density at radius 3 is 3.00 bits per heavy atom. The first kappa shape index (κ1) is 18.1. The average molecular weight is 360 g/mol. The van der Waals surface area contributed by atoms with Crippen molar-refractivity contribution < 1.29 is 9.59 Å². The van der Waals surface area contributed by atoms with Crippen molar-refractivity contribution in [1.82, 2.24) is 24.7 Å². The molecule has 2 aliphatic heterocycles. The minimum absolute atomic E-state index is 0. The molecule has 128 valence electrons. The highest BCUT2D eigenvalue weighted by Crippen LogP contribution is 2.21. The van der Waals surface area contributed by atoms with Gasteiger partial charge in [0.25, 0.3) is 5.91 Å². The predicted octanol–water partition coefficient (Wildman–Crippen LogP) is 0.559. The highest BCUT2D eigenvalue weighted by molar-refractivity contribution is 7.08. The van der Waals surface area contributed by atoms with Gasteiger partial charge in [0.15, 0.2) is 0 Å². The summed E-state index contributed by atoms with van der Waals surface area (Å²) in [6.45, 7) is 5.31. The van der Waals surface area contributed by atoms with E-state index in [4.69, 9.17) is 0 Å². The van der Waals surface area contributed by atoms with Crippen LogP contribution in [0.5, 0.6) is 0 Å². The van der Waals surface area contributed by atoms with Crippen LogP contribution in [0, 0.1) is 0 Å². The van der Waals surface area contributed by atoms with E-state index in [0.29, 0.717) is 24.4 Å². The van der Waals surface area contributed by atoms with Crippen molar-refractivity contribution in [3.8, 4) is 0 Å². The normalized spacial score (nSPS) is 22.0. The van der Waals surface area contributed by atoms with Gasteiger partial charge < -0.3 is 15.1 Å². The highest BCUT2D eigenvalue weighted by atomic mass is 35.5. The summed E-state index contributed by atoms with van der Waals surface area (Å²) in [6.07, 6.45) is 2.61. The van der Waals surface area contributed by atoms with Crippen molar-refractivity contribution in [2.24, 2.45) is 0 Å². The number of likely N-dealkylation sites (tertiary alicyclic amines) is 1. The molecule has 23 heavy (non-hydrogen) atoms. The van der Waals surface area contributed by atoms with Crippen LogP contribution in [0.25, 0.3) is 0 Å². The number of carbonyl (C=O) groups excluding carboxylic acids is 2. The van der Waals surface area contributed by atoms with Crippen LogP contribution in [-0.2, 0) is 11.2 Å². The fourth-order valence-corrected chi connectivity index (χ4v) is 3.87. The minimum atomic E-state index is 0. The predicted molar refractivity (Wildman–Crippen MR) is 90.0 cm³/mol. The zero-order valence-electron chi connectivity index (χ0n) is 13.2. The summed E-state index contributed by atoms with van der Waals surface area (Å²) in [5.41, 5.74) is 0.773. The number of halogens is 1. The van der Waals surface area contributed by atoms with Crippen LogP contribution < -0.4 is 5.32 Å². The lowest BCUT2D eigenvalue weighted by molar-refractivity contribution is -0.135. The lowest BCUT2D eigenvalue weighted by Crippen LogP contribution is -2.57. The van der Waals surface area contributed by atoms with Gasteiger partial charge >= 0.3 is 0 Å². The van der Waals surface area contributed by atoms with Crippen LogP contribution in [-0.4, -0.2) is 70.0 Å². The lowest BCUT2D eigenvalue weighted by atomic mass is 10.0. The van der Waals surface area contributed by atoms with Gasteiger partial charge in [-0.1, -0.05) is 11.4 Å². The summed E-state index contributed by atoms with van der Waals surface area (Å²) < 4.78 is 3.90. The molecule has 0 bridgehead atoms. The van der Waals surface area contributed by atoms with Crippen LogP contribution >= 0.6 is 23.9 Å². The van der Waals surface area contributed by atoms with Crippen molar-refractivity contribution in [3.05, 3.63) is 10.6 Å². The Kier molecular flexibility index (Phi) is 6.32. The van der Waals surface area contributed by atoms with E-state index in [1.165, 1.54) is 11.5 Å². The molecule has 2 saturated heterocycles. The zero-order chi connectivity index (χ0) is 15.5. The SMILES string of the molecule is CCc1nnsc1C(=O)N1CCCC(N2CCNCC2=O)C1.Cl. The molecule has 3 heterocycles. The van der Waals surface area contributed by atoms with Crippen LogP contribution in [0.3, 0.4) is 0 Å². The molecule has 0 radical (unpaired) electrons. The number of nitrogens with one attached hydrogen (secondary N) is 1. The number of hydrogen-bond acceptors (Lipinski definition) is 6. The molecule has 1 unspecified atom stereocenters. The van der Waals surface area contributed by atoms with E-state index in [1.807, 2.05) is 16.7 Å². The Bertz CT molecular complexity index is 567. The fourth-order valence-electron chi connectivity index (χ4n) is 3.15. The van der Waals surface area contributed by atoms with E-state index in [9.17, 15) is 9.59 Å². The molecule has 0 aliphatic carbocycles. The van der Waals surface area contributed by atoms with Crippen LogP contribution in [0.1, 0.15) is 35.1 Å². The van der Waals surface area contributed by atoms with Gasteiger partial charge in [0, 0.05) is 32.2 Å². The van der Waals surface area contributed by atoms with Gasteiger partial charge in [-0.25, -0.2) is 0 Å². The number of aryl methyl sites for hydroxylation is 1. The molecule has 1 atom stereocenters. The molecule has 0 saturated carbocycles. The largest absolute Gasteiger partial charge is 0.336 e. The topological polar surface area (TPSA) is 78.4 Å². The van der Waals surface area contributed by atoms with Gasteiger partial charge in [-0.05, 0) is 30.8 Å². The lowest BCUT2D eigenvalue weighted by Gasteiger charge is -2.41.